The summed E-state index contributed by atoms with van der Waals surface area (Å²) >= 11 is 0. The summed E-state index contributed by atoms with van der Waals surface area (Å²) in [6.07, 6.45) is 3.04. The zero-order valence-corrected chi connectivity index (χ0v) is 20.3. The van der Waals surface area contributed by atoms with Gasteiger partial charge in [-0.15, -0.1) is 10.2 Å². The van der Waals surface area contributed by atoms with E-state index in [1.165, 1.54) is 4.80 Å². The number of aryl methyl sites for hydroxylation is 1. The second-order valence-corrected chi connectivity index (χ2v) is 8.51. The number of nitrogens with one attached hydrogen (secondary N) is 2. The molecule has 0 radical (unpaired) electrons. The van der Waals surface area contributed by atoms with Gasteiger partial charge in [0.1, 0.15) is 6.04 Å². The average Bonchev–Trinajstić information content (AvgIpc) is 3.47. The molecule has 0 aliphatic carbocycles. The predicted molar refractivity (Wildman–Crippen MR) is 133 cm³/mol. The summed E-state index contributed by atoms with van der Waals surface area (Å²) in [5.74, 6) is 0.176. The number of amides is 2. The van der Waals surface area contributed by atoms with Crippen LogP contribution in [0.3, 0.4) is 0 Å². The maximum Gasteiger partial charge on any atom is 0.409 e. The maximum atomic E-state index is 13.2. The molecule has 4 heterocycles. The van der Waals surface area contributed by atoms with Gasteiger partial charge in [-0.3, -0.25) is 4.79 Å². The highest BCUT2D eigenvalue weighted by atomic mass is 16.6. The van der Waals surface area contributed by atoms with Crippen molar-refractivity contribution in [1.82, 2.24) is 34.7 Å². The Morgan fingerprint density at radius 1 is 1.17 bits per heavy atom. The molecule has 3 aromatic heterocycles. The lowest BCUT2D eigenvalue weighted by Crippen LogP contribution is -2.51. The molecule has 4 aromatic rings. The van der Waals surface area contributed by atoms with Gasteiger partial charge in [0.25, 0.3) is 5.91 Å². The summed E-state index contributed by atoms with van der Waals surface area (Å²) in [5.41, 5.74) is 4.37. The fourth-order valence-corrected chi connectivity index (χ4v) is 4.02. The molecule has 1 aliphatic heterocycles. The minimum absolute atomic E-state index is 0.0528. The molecule has 0 unspecified atom stereocenters. The normalized spacial score (nSPS) is 13.5. The Balaban J connectivity index is 1.32. The topological polar surface area (TPSA) is 132 Å². The van der Waals surface area contributed by atoms with Gasteiger partial charge in [-0.05, 0) is 49.7 Å². The Labute approximate surface area is 207 Å². The number of benzene rings is 1. The number of fused-ring (bicyclic) bond motifs is 1. The fourth-order valence-electron chi connectivity index (χ4n) is 4.02. The average molecular weight is 490 g/mol. The van der Waals surface area contributed by atoms with Crippen LogP contribution in [0.5, 0.6) is 0 Å². The van der Waals surface area contributed by atoms with E-state index in [4.69, 9.17) is 4.74 Å². The Morgan fingerprint density at radius 3 is 2.78 bits per heavy atom. The van der Waals surface area contributed by atoms with Gasteiger partial charge < -0.3 is 20.3 Å². The van der Waals surface area contributed by atoms with Gasteiger partial charge in [-0.1, -0.05) is 12.1 Å². The summed E-state index contributed by atoms with van der Waals surface area (Å²) in [5, 5.41) is 23.4. The highest BCUT2D eigenvalue weighted by Crippen LogP contribution is 2.26. The van der Waals surface area contributed by atoms with Crippen molar-refractivity contribution in [2.45, 2.75) is 26.8 Å². The highest BCUT2D eigenvalue weighted by Gasteiger charge is 2.34. The lowest BCUT2D eigenvalue weighted by molar-refractivity contribution is 0.0523. The molecule has 12 nitrogen and oxygen atoms in total. The number of hydrogen-bond donors (Lipinski definition) is 2. The first kappa shape index (κ1) is 23.3. The third-order valence-corrected chi connectivity index (χ3v) is 6.03. The first-order valence-electron chi connectivity index (χ1n) is 11.8. The van der Waals surface area contributed by atoms with Gasteiger partial charge in [0, 0.05) is 29.7 Å². The van der Waals surface area contributed by atoms with Crippen molar-refractivity contribution in [3.8, 4) is 11.4 Å². The molecule has 1 aromatic carbocycles. The number of aromatic nitrogens is 6. The van der Waals surface area contributed by atoms with Crippen molar-refractivity contribution < 1.29 is 14.3 Å². The summed E-state index contributed by atoms with van der Waals surface area (Å²) in [6, 6.07) is 9.38. The zero-order valence-electron chi connectivity index (χ0n) is 20.3. The Morgan fingerprint density at radius 2 is 2.00 bits per heavy atom. The number of tetrazole rings is 1. The largest absolute Gasteiger partial charge is 0.450 e. The van der Waals surface area contributed by atoms with Gasteiger partial charge >= 0.3 is 6.09 Å². The molecule has 5 rings (SSSR count). The van der Waals surface area contributed by atoms with Crippen LogP contribution < -0.4 is 10.6 Å². The van der Waals surface area contributed by atoms with Crippen molar-refractivity contribution in [2.75, 3.05) is 36.9 Å². The van der Waals surface area contributed by atoms with E-state index in [1.54, 1.807) is 22.5 Å². The van der Waals surface area contributed by atoms with Crippen LogP contribution in [0, 0.1) is 6.92 Å². The second kappa shape index (κ2) is 9.64. The van der Waals surface area contributed by atoms with E-state index in [2.05, 4.69) is 31.1 Å². The van der Waals surface area contributed by atoms with Gasteiger partial charge in [-0.25, -0.2) is 9.31 Å². The lowest BCUT2D eigenvalue weighted by Gasteiger charge is -2.36. The molecular formula is C24H27N9O3. The SMILES string of the molecule is CCNc1ccn2ncc(C(=O)Nc3cc(-c4nnn(C5CN(C(=O)OCC)C5)n4)ccc3C)c2c1. The number of carbonyl (C=O) groups is 2. The molecule has 0 saturated carbocycles. The van der Waals surface area contributed by atoms with E-state index in [0.717, 1.165) is 23.4 Å². The molecule has 0 bridgehead atoms. The number of hydrogen-bond acceptors (Lipinski definition) is 8. The van der Waals surface area contributed by atoms with Crippen LogP contribution in [0.1, 0.15) is 35.8 Å². The van der Waals surface area contributed by atoms with Crippen LogP contribution in [0.4, 0.5) is 16.2 Å². The van der Waals surface area contributed by atoms with Gasteiger partial charge in [-0.2, -0.15) is 9.90 Å². The molecule has 1 fully saturated rings. The van der Waals surface area contributed by atoms with Crippen LogP contribution >= 0.6 is 0 Å². The van der Waals surface area contributed by atoms with E-state index in [-0.39, 0.29) is 18.0 Å². The molecule has 0 atom stereocenters. The number of nitrogens with zero attached hydrogens (tertiary/aromatic N) is 7. The van der Waals surface area contributed by atoms with E-state index >= 15 is 0 Å². The van der Waals surface area contributed by atoms with Crippen molar-refractivity contribution in [3.05, 3.63) is 53.9 Å². The van der Waals surface area contributed by atoms with E-state index in [1.807, 2.05) is 50.4 Å². The van der Waals surface area contributed by atoms with Crippen molar-refractivity contribution in [3.63, 3.8) is 0 Å². The maximum absolute atomic E-state index is 13.2. The van der Waals surface area contributed by atoms with Gasteiger partial charge in [0.15, 0.2) is 0 Å². The number of pyridine rings is 1. The van der Waals surface area contributed by atoms with E-state index in [0.29, 0.717) is 42.3 Å². The molecule has 186 valence electrons. The summed E-state index contributed by atoms with van der Waals surface area (Å²) in [7, 11) is 0. The zero-order chi connectivity index (χ0) is 25.2. The molecule has 0 spiro atoms. The van der Waals surface area contributed by atoms with Crippen LogP contribution in [0.15, 0.2) is 42.7 Å². The molecule has 12 heteroatoms. The first-order valence-corrected chi connectivity index (χ1v) is 11.8. The summed E-state index contributed by atoms with van der Waals surface area (Å²) in [6.45, 7) is 7.77. The minimum atomic E-state index is -0.336. The Hall–Kier alpha value is -4.48. The monoisotopic (exact) mass is 489 g/mol. The van der Waals surface area contributed by atoms with Crippen LogP contribution in [-0.4, -0.2) is 73.0 Å². The minimum Gasteiger partial charge on any atom is -0.450 e. The number of carbonyl (C=O) groups excluding carboxylic acids is 2. The third kappa shape index (κ3) is 4.44. The molecule has 1 aliphatic rings. The molecule has 2 amide bonds. The first-order chi connectivity index (χ1) is 17.5. The quantitative estimate of drug-likeness (QED) is 0.405. The van der Waals surface area contributed by atoms with Crippen LogP contribution in [-0.2, 0) is 4.74 Å². The van der Waals surface area contributed by atoms with Crippen LogP contribution in [0.2, 0.25) is 0 Å². The van der Waals surface area contributed by atoms with Gasteiger partial charge in [0.05, 0.1) is 37.0 Å². The Kier molecular flexibility index (Phi) is 6.23. The fraction of sp³-hybridized carbons (Fsp3) is 0.333. The standard InChI is InChI=1S/C24H27N9O3/c1-4-25-17-8-9-32-21(11-17)19(12-26-32)23(34)27-20-10-16(7-6-15(20)3)22-28-30-33(29-22)18-13-31(14-18)24(35)36-5-2/h6-12,18,25H,4-5,13-14H2,1-3H3,(H,27,34). The number of anilines is 2. The molecule has 1 saturated heterocycles. The van der Waals surface area contributed by atoms with Crippen molar-refractivity contribution in [1.29, 1.82) is 0 Å². The number of ether oxygens (including phenoxy) is 1. The highest BCUT2D eigenvalue weighted by molar-refractivity contribution is 6.09. The van der Waals surface area contributed by atoms with E-state index in [9.17, 15) is 9.59 Å². The summed E-state index contributed by atoms with van der Waals surface area (Å²) < 4.78 is 6.68. The number of likely N-dealkylation sites (tertiary alicyclic amines) is 1. The second-order valence-electron chi connectivity index (χ2n) is 8.51. The lowest BCUT2D eigenvalue weighted by atomic mass is 10.1. The van der Waals surface area contributed by atoms with Crippen LogP contribution in [0.25, 0.3) is 16.9 Å². The molecule has 36 heavy (non-hydrogen) atoms. The predicted octanol–water partition coefficient (Wildman–Crippen LogP) is 2.99. The van der Waals surface area contributed by atoms with Crippen molar-refractivity contribution >= 4 is 28.9 Å². The summed E-state index contributed by atoms with van der Waals surface area (Å²) in [4.78, 5) is 28.1. The molecular weight excluding hydrogens is 462 g/mol. The number of rotatable bonds is 7. The van der Waals surface area contributed by atoms with E-state index < -0.39 is 0 Å². The molecule has 2 N–H and O–H groups in total. The Bertz CT molecular complexity index is 1420. The third-order valence-electron chi connectivity index (χ3n) is 6.03. The van der Waals surface area contributed by atoms with Gasteiger partial charge in [0.2, 0.25) is 5.82 Å². The van der Waals surface area contributed by atoms with Crippen molar-refractivity contribution in [2.24, 2.45) is 0 Å². The smallest absolute Gasteiger partial charge is 0.409 e.